The largest absolute Gasteiger partial charge is 0.497 e. The second-order valence-electron chi connectivity index (χ2n) is 3.94. The Kier molecular flexibility index (Phi) is 7.97. The number of benzene rings is 1. The fourth-order valence-corrected chi connectivity index (χ4v) is 1.57. The summed E-state index contributed by atoms with van der Waals surface area (Å²) in [6.45, 7) is 2.24. The molecule has 108 valence electrons. The Balaban J connectivity index is 2.28. The van der Waals surface area contributed by atoms with Crippen molar-refractivity contribution in [2.75, 3.05) is 40.6 Å². The van der Waals surface area contributed by atoms with Gasteiger partial charge in [-0.25, -0.2) is 0 Å². The first kappa shape index (κ1) is 15.8. The second-order valence-corrected chi connectivity index (χ2v) is 3.94. The molecule has 5 heteroatoms. The quantitative estimate of drug-likeness (QED) is 0.655. The van der Waals surface area contributed by atoms with Crippen LogP contribution >= 0.6 is 0 Å². The van der Waals surface area contributed by atoms with Crippen LogP contribution in [-0.4, -0.2) is 45.8 Å². The Hall–Kier alpha value is -1.30. The molecule has 1 aromatic carbocycles. The van der Waals surface area contributed by atoms with E-state index in [1.165, 1.54) is 0 Å². The highest BCUT2D eigenvalue weighted by Crippen LogP contribution is 2.24. The normalized spacial score (nSPS) is 10.5. The summed E-state index contributed by atoms with van der Waals surface area (Å²) in [6, 6.07) is 5.35. The zero-order chi connectivity index (χ0) is 13.9. The summed E-state index contributed by atoms with van der Waals surface area (Å²) in [6.07, 6.45) is 0.876. The molecule has 0 amide bonds. The lowest BCUT2D eigenvalue weighted by Gasteiger charge is -2.11. The molecule has 0 radical (unpaired) electrons. The molecular formula is C14H22O5. The van der Waals surface area contributed by atoms with Gasteiger partial charge in [0.1, 0.15) is 18.1 Å². The van der Waals surface area contributed by atoms with E-state index in [4.69, 9.17) is 18.9 Å². The summed E-state index contributed by atoms with van der Waals surface area (Å²) in [4.78, 5) is 0. The molecular weight excluding hydrogens is 248 g/mol. The lowest BCUT2D eigenvalue weighted by atomic mass is 10.2. The number of rotatable bonds is 10. The van der Waals surface area contributed by atoms with Crippen molar-refractivity contribution in [3.63, 3.8) is 0 Å². The van der Waals surface area contributed by atoms with Gasteiger partial charge in [-0.1, -0.05) is 0 Å². The van der Waals surface area contributed by atoms with E-state index in [0.717, 1.165) is 6.42 Å². The number of hydrogen-bond acceptors (Lipinski definition) is 5. The topological polar surface area (TPSA) is 57.2 Å². The van der Waals surface area contributed by atoms with Crippen molar-refractivity contribution in [2.45, 2.75) is 13.0 Å². The van der Waals surface area contributed by atoms with Gasteiger partial charge < -0.3 is 24.1 Å². The van der Waals surface area contributed by atoms with Gasteiger partial charge >= 0.3 is 0 Å². The van der Waals surface area contributed by atoms with Gasteiger partial charge in [0.2, 0.25) is 0 Å². The molecule has 0 bridgehead atoms. The molecule has 0 fully saturated rings. The highest BCUT2D eigenvalue weighted by molar-refractivity contribution is 5.39. The molecule has 0 spiro atoms. The minimum absolute atomic E-state index is 0.0821. The van der Waals surface area contributed by atoms with Gasteiger partial charge in [0, 0.05) is 25.9 Å². The standard InChI is InChI=1S/C14H22O5/c1-16-6-3-7-18-8-9-19-14-5-4-13(17-2)10-12(14)11-15/h4-5,10,15H,3,6-9,11H2,1-2H3. The molecule has 5 nitrogen and oxygen atoms in total. The zero-order valence-corrected chi connectivity index (χ0v) is 11.6. The Bertz CT molecular complexity index is 354. The third-order valence-corrected chi connectivity index (χ3v) is 2.56. The summed E-state index contributed by atoms with van der Waals surface area (Å²) in [5.41, 5.74) is 0.707. The van der Waals surface area contributed by atoms with E-state index in [-0.39, 0.29) is 6.61 Å². The van der Waals surface area contributed by atoms with Gasteiger partial charge in [0.15, 0.2) is 0 Å². The van der Waals surface area contributed by atoms with Gasteiger partial charge in [-0.2, -0.15) is 0 Å². The number of hydrogen-bond donors (Lipinski definition) is 1. The van der Waals surface area contributed by atoms with Crippen molar-refractivity contribution in [3.05, 3.63) is 23.8 Å². The highest BCUT2D eigenvalue weighted by Gasteiger charge is 2.04. The Labute approximate surface area is 114 Å². The number of methoxy groups -OCH3 is 2. The van der Waals surface area contributed by atoms with Crippen molar-refractivity contribution < 1.29 is 24.1 Å². The predicted octanol–water partition coefficient (Wildman–Crippen LogP) is 1.62. The zero-order valence-electron chi connectivity index (χ0n) is 11.6. The Morgan fingerprint density at radius 1 is 1.05 bits per heavy atom. The van der Waals surface area contributed by atoms with E-state index in [1.807, 2.05) is 0 Å². The summed E-state index contributed by atoms with van der Waals surface area (Å²) < 4.78 is 21.0. The van der Waals surface area contributed by atoms with Crippen LogP contribution in [0.3, 0.4) is 0 Å². The van der Waals surface area contributed by atoms with E-state index in [0.29, 0.717) is 43.5 Å². The molecule has 19 heavy (non-hydrogen) atoms. The molecule has 0 aliphatic rings. The molecule has 0 saturated carbocycles. The summed E-state index contributed by atoms with van der Waals surface area (Å²) in [5, 5.41) is 9.26. The number of aliphatic hydroxyl groups is 1. The van der Waals surface area contributed by atoms with Crippen LogP contribution in [0.2, 0.25) is 0 Å². The molecule has 0 aliphatic carbocycles. The first-order valence-electron chi connectivity index (χ1n) is 6.29. The Morgan fingerprint density at radius 2 is 1.89 bits per heavy atom. The molecule has 1 rings (SSSR count). The highest BCUT2D eigenvalue weighted by atomic mass is 16.5. The summed E-state index contributed by atoms with van der Waals surface area (Å²) in [7, 11) is 3.26. The van der Waals surface area contributed by atoms with E-state index < -0.39 is 0 Å². The minimum atomic E-state index is -0.0821. The number of ether oxygens (including phenoxy) is 4. The maximum Gasteiger partial charge on any atom is 0.125 e. The van der Waals surface area contributed by atoms with Gasteiger partial charge in [-0.15, -0.1) is 0 Å². The third kappa shape index (κ3) is 5.92. The molecule has 0 aliphatic heterocycles. The van der Waals surface area contributed by atoms with Crippen molar-refractivity contribution in [1.82, 2.24) is 0 Å². The third-order valence-electron chi connectivity index (χ3n) is 2.56. The maximum atomic E-state index is 9.26. The summed E-state index contributed by atoms with van der Waals surface area (Å²) in [5.74, 6) is 1.36. The lowest BCUT2D eigenvalue weighted by Crippen LogP contribution is -2.09. The van der Waals surface area contributed by atoms with Crippen LogP contribution in [0.15, 0.2) is 18.2 Å². The Morgan fingerprint density at radius 3 is 2.58 bits per heavy atom. The first-order valence-corrected chi connectivity index (χ1v) is 6.29. The first-order chi connectivity index (χ1) is 9.31. The summed E-state index contributed by atoms with van der Waals surface area (Å²) >= 11 is 0. The van der Waals surface area contributed by atoms with E-state index >= 15 is 0 Å². The van der Waals surface area contributed by atoms with Crippen LogP contribution in [0.25, 0.3) is 0 Å². The minimum Gasteiger partial charge on any atom is -0.497 e. The predicted molar refractivity (Wildman–Crippen MR) is 71.7 cm³/mol. The molecule has 0 atom stereocenters. The molecule has 0 heterocycles. The van der Waals surface area contributed by atoms with E-state index in [9.17, 15) is 5.11 Å². The molecule has 1 N–H and O–H groups in total. The molecule has 1 aromatic rings. The second kappa shape index (κ2) is 9.61. The molecule has 0 unspecified atom stereocenters. The van der Waals surface area contributed by atoms with Crippen LogP contribution in [0, 0.1) is 0 Å². The van der Waals surface area contributed by atoms with Crippen LogP contribution < -0.4 is 9.47 Å². The fourth-order valence-electron chi connectivity index (χ4n) is 1.57. The van der Waals surface area contributed by atoms with Crippen molar-refractivity contribution in [2.24, 2.45) is 0 Å². The molecule has 0 saturated heterocycles. The monoisotopic (exact) mass is 270 g/mol. The van der Waals surface area contributed by atoms with Gasteiger partial charge in [-0.05, 0) is 24.6 Å². The average molecular weight is 270 g/mol. The maximum absolute atomic E-state index is 9.26. The fraction of sp³-hybridized carbons (Fsp3) is 0.571. The molecule has 0 aromatic heterocycles. The average Bonchev–Trinajstić information content (AvgIpc) is 2.46. The van der Waals surface area contributed by atoms with Gasteiger partial charge in [0.05, 0.1) is 20.3 Å². The van der Waals surface area contributed by atoms with Gasteiger partial charge in [0.25, 0.3) is 0 Å². The van der Waals surface area contributed by atoms with Gasteiger partial charge in [-0.3, -0.25) is 0 Å². The number of aliphatic hydroxyl groups excluding tert-OH is 1. The SMILES string of the molecule is COCCCOCCOc1ccc(OC)cc1CO. The smallest absolute Gasteiger partial charge is 0.125 e. The van der Waals surface area contributed by atoms with Crippen molar-refractivity contribution in [1.29, 1.82) is 0 Å². The van der Waals surface area contributed by atoms with E-state index in [1.54, 1.807) is 32.4 Å². The van der Waals surface area contributed by atoms with Crippen LogP contribution in [0.5, 0.6) is 11.5 Å². The van der Waals surface area contributed by atoms with Crippen molar-refractivity contribution >= 4 is 0 Å². The lowest BCUT2D eigenvalue weighted by molar-refractivity contribution is 0.0800. The van der Waals surface area contributed by atoms with E-state index in [2.05, 4.69) is 0 Å². The van der Waals surface area contributed by atoms with Crippen LogP contribution in [-0.2, 0) is 16.1 Å². The van der Waals surface area contributed by atoms with Crippen molar-refractivity contribution in [3.8, 4) is 11.5 Å². The van der Waals surface area contributed by atoms with Crippen LogP contribution in [0.4, 0.5) is 0 Å². The van der Waals surface area contributed by atoms with Crippen LogP contribution in [0.1, 0.15) is 12.0 Å².